The van der Waals surface area contributed by atoms with Crippen molar-refractivity contribution < 1.29 is 9.90 Å². The first-order valence-corrected chi connectivity index (χ1v) is 6.42. The maximum Gasteiger partial charge on any atom is 0.355 e. The molecule has 2 aromatic heterocycles. The van der Waals surface area contributed by atoms with Crippen LogP contribution in [0, 0.1) is 0 Å². The highest BCUT2D eigenvalue weighted by Crippen LogP contribution is 2.21. The summed E-state index contributed by atoms with van der Waals surface area (Å²) >= 11 is 1.34. The highest BCUT2D eigenvalue weighted by atomic mass is 32.1. The zero-order valence-electron chi connectivity index (χ0n) is 9.91. The monoisotopic (exact) mass is 263 g/mol. The van der Waals surface area contributed by atoms with Gasteiger partial charge in [-0.1, -0.05) is 6.07 Å². The summed E-state index contributed by atoms with van der Waals surface area (Å²) in [4.78, 5) is 21.1. The number of carboxylic acids is 1. The quantitative estimate of drug-likeness (QED) is 0.896. The average molecular weight is 263 g/mol. The lowest BCUT2D eigenvalue weighted by Crippen LogP contribution is -2.22. The fourth-order valence-electron chi connectivity index (χ4n) is 1.51. The van der Waals surface area contributed by atoms with E-state index in [0.717, 1.165) is 12.2 Å². The number of anilines is 1. The molecule has 6 heteroatoms. The Morgan fingerprint density at radius 1 is 1.50 bits per heavy atom. The van der Waals surface area contributed by atoms with E-state index in [1.165, 1.54) is 11.3 Å². The van der Waals surface area contributed by atoms with Gasteiger partial charge in [0.25, 0.3) is 0 Å². The number of hydrogen-bond acceptors (Lipinski definition) is 5. The molecule has 2 heterocycles. The molecular weight excluding hydrogens is 250 g/mol. The summed E-state index contributed by atoms with van der Waals surface area (Å²) in [5.41, 5.74) is 1.03. The molecule has 18 heavy (non-hydrogen) atoms. The van der Waals surface area contributed by atoms with Crippen LogP contribution in [-0.2, 0) is 6.54 Å². The second kappa shape index (κ2) is 5.59. The maximum absolute atomic E-state index is 10.8. The molecule has 0 aromatic carbocycles. The fourth-order valence-corrected chi connectivity index (χ4v) is 2.37. The van der Waals surface area contributed by atoms with E-state index in [9.17, 15) is 4.79 Å². The Morgan fingerprint density at radius 3 is 2.89 bits per heavy atom. The zero-order chi connectivity index (χ0) is 13.0. The molecule has 2 rings (SSSR count). The molecule has 0 aliphatic heterocycles. The van der Waals surface area contributed by atoms with Crippen molar-refractivity contribution in [2.24, 2.45) is 0 Å². The molecule has 0 unspecified atom stereocenters. The fraction of sp³-hybridized carbons (Fsp3) is 0.250. The van der Waals surface area contributed by atoms with Crippen LogP contribution in [0.5, 0.6) is 0 Å². The average Bonchev–Trinajstić information content (AvgIpc) is 2.87. The van der Waals surface area contributed by atoms with E-state index < -0.39 is 5.97 Å². The minimum absolute atomic E-state index is 0.0921. The van der Waals surface area contributed by atoms with Crippen LogP contribution >= 0.6 is 11.3 Å². The molecule has 0 radical (unpaired) electrons. The van der Waals surface area contributed by atoms with E-state index in [4.69, 9.17) is 5.11 Å². The van der Waals surface area contributed by atoms with E-state index in [2.05, 4.69) is 9.97 Å². The van der Waals surface area contributed by atoms with Crippen LogP contribution in [0.3, 0.4) is 0 Å². The van der Waals surface area contributed by atoms with Gasteiger partial charge in [-0.25, -0.2) is 9.78 Å². The molecule has 0 aliphatic carbocycles. The van der Waals surface area contributed by atoms with Gasteiger partial charge < -0.3 is 10.0 Å². The first-order valence-electron chi connectivity index (χ1n) is 5.54. The summed E-state index contributed by atoms with van der Waals surface area (Å²) in [5, 5.41) is 11.1. The summed E-state index contributed by atoms with van der Waals surface area (Å²) in [6.45, 7) is 3.39. The van der Waals surface area contributed by atoms with Gasteiger partial charge in [0.2, 0.25) is 0 Å². The van der Waals surface area contributed by atoms with E-state index in [0.29, 0.717) is 11.7 Å². The van der Waals surface area contributed by atoms with Crippen LogP contribution in [0.2, 0.25) is 0 Å². The highest BCUT2D eigenvalue weighted by Gasteiger charge is 2.13. The SMILES string of the molecule is CCN(Cc1ccccn1)c1nc(C(=O)O)cs1. The maximum atomic E-state index is 10.8. The van der Waals surface area contributed by atoms with Crippen molar-refractivity contribution in [2.45, 2.75) is 13.5 Å². The third-order valence-electron chi connectivity index (χ3n) is 2.44. The van der Waals surface area contributed by atoms with Crippen molar-refractivity contribution in [3.8, 4) is 0 Å². The van der Waals surface area contributed by atoms with Gasteiger partial charge in [-0.05, 0) is 19.1 Å². The topological polar surface area (TPSA) is 66.3 Å². The first-order chi connectivity index (χ1) is 8.70. The Kier molecular flexibility index (Phi) is 3.88. The molecule has 5 nitrogen and oxygen atoms in total. The van der Waals surface area contributed by atoms with Gasteiger partial charge >= 0.3 is 5.97 Å². The number of pyridine rings is 1. The number of aromatic nitrogens is 2. The lowest BCUT2D eigenvalue weighted by molar-refractivity contribution is 0.0691. The smallest absolute Gasteiger partial charge is 0.355 e. The number of nitrogens with zero attached hydrogens (tertiary/aromatic N) is 3. The molecule has 1 N–H and O–H groups in total. The summed E-state index contributed by atoms with van der Waals surface area (Å²) in [5.74, 6) is -0.994. The Labute approximate surface area is 109 Å². The molecule has 0 aliphatic rings. The van der Waals surface area contributed by atoms with Gasteiger partial charge in [0.05, 0.1) is 12.2 Å². The molecule has 0 fully saturated rings. The van der Waals surface area contributed by atoms with Gasteiger partial charge in [-0.15, -0.1) is 11.3 Å². The van der Waals surface area contributed by atoms with Crippen LogP contribution in [0.4, 0.5) is 5.13 Å². The van der Waals surface area contributed by atoms with Gasteiger partial charge in [-0.2, -0.15) is 0 Å². The largest absolute Gasteiger partial charge is 0.476 e. The van der Waals surface area contributed by atoms with Crippen molar-refractivity contribution in [2.75, 3.05) is 11.4 Å². The lowest BCUT2D eigenvalue weighted by atomic mass is 10.3. The third-order valence-corrected chi connectivity index (χ3v) is 3.34. The molecule has 0 spiro atoms. The summed E-state index contributed by atoms with van der Waals surface area (Å²) < 4.78 is 0. The zero-order valence-corrected chi connectivity index (χ0v) is 10.7. The van der Waals surface area contributed by atoms with E-state index in [1.807, 2.05) is 30.0 Å². The van der Waals surface area contributed by atoms with Crippen LogP contribution < -0.4 is 4.90 Å². The van der Waals surface area contributed by atoms with E-state index in [1.54, 1.807) is 11.6 Å². The van der Waals surface area contributed by atoms with E-state index in [-0.39, 0.29) is 5.69 Å². The Hall–Kier alpha value is -1.95. The van der Waals surface area contributed by atoms with Gasteiger partial charge in [-0.3, -0.25) is 4.98 Å². The number of carbonyl (C=O) groups is 1. The first kappa shape index (κ1) is 12.5. The molecule has 0 saturated heterocycles. The molecule has 2 aromatic rings. The predicted molar refractivity (Wildman–Crippen MR) is 70.0 cm³/mol. The van der Waals surface area contributed by atoms with Crippen LogP contribution in [0.15, 0.2) is 29.8 Å². The highest BCUT2D eigenvalue weighted by molar-refractivity contribution is 7.13. The molecule has 0 atom stereocenters. The molecule has 94 valence electrons. The van der Waals surface area contributed by atoms with Crippen molar-refractivity contribution in [1.82, 2.24) is 9.97 Å². The number of carboxylic acid groups (broad SMARTS) is 1. The van der Waals surface area contributed by atoms with Crippen molar-refractivity contribution in [1.29, 1.82) is 0 Å². The van der Waals surface area contributed by atoms with Crippen molar-refractivity contribution in [3.05, 3.63) is 41.2 Å². The second-order valence-corrected chi connectivity index (χ2v) is 4.49. The molecule has 0 bridgehead atoms. The van der Waals surface area contributed by atoms with Crippen LogP contribution in [0.25, 0.3) is 0 Å². The number of aromatic carboxylic acids is 1. The Morgan fingerprint density at radius 2 is 2.33 bits per heavy atom. The minimum atomic E-state index is -0.994. The third kappa shape index (κ3) is 2.84. The van der Waals surface area contributed by atoms with Crippen molar-refractivity contribution >= 4 is 22.4 Å². The van der Waals surface area contributed by atoms with Gasteiger partial charge in [0, 0.05) is 18.1 Å². The van der Waals surface area contributed by atoms with E-state index >= 15 is 0 Å². The Balaban J connectivity index is 2.15. The Bertz CT molecular complexity index is 527. The number of thiazole rings is 1. The lowest BCUT2D eigenvalue weighted by Gasteiger charge is -2.18. The van der Waals surface area contributed by atoms with Gasteiger partial charge in [0.15, 0.2) is 10.8 Å². The predicted octanol–water partition coefficient (Wildman–Crippen LogP) is 2.26. The minimum Gasteiger partial charge on any atom is -0.476 e. The van der Waals surface area contributed by atoms with Crippen molar-refractivity contribution in [3.63, 3.8) is 0 Å². The van der Waals surface area contributed by atoms with Gasteiger partial charge in [0.1, 0.15) is 0 Å². The summed E-state index contributed by atoms with van der Waals surface area (Å²) in [6.07, 6.45) is 1.74. The summed E-state index contributed by atoms with van der Waals surface area (Å²) in [6, 6.07) is 5.74. The number of rotatable bonds is 5. The number of hydrogen-bond donors (Lipinski definition) is 1. The van der Waals surface area contributed by atoms with Crippen LogP contribution in [-0.4, -0.2) is 27.6 Å². The molecule has 0 amide bonds. The molecular formula is C12H13N3O2S. The second-order valence-electron chi connectivity index (χ2n) is 3.66. The summed E-state index contributed by atoms with van der Waals surface area (Å²) in [7, 11) is 0. The normalized spacial score (nSPS) is 10.3. The van der Waals surface area contributed by atoms with Crippen LogP contribution in [0.1, 0.15) is 23.1 Å². The molecule has 0 saturated carbocycles. The standard InChI is InChI=1S/C12H13N3O2S/c1-2-15(7-9-5-3-4-6-13-9)12-14-10(8-18-12)11(16)17/h3-6,8H,2,7H2,1H3,(H,16,17).